The fourth-order valence-corrected chi connectivity index (χ4v) is 1.91. The molecule has 2 N–H and O–H groups in total. The molecule has 5 nitrogen and oxygen atoms in total. The Morgan fingerprint density at radius 1 is 1.40 bits per heavy atom. The van der Waals surface area contributed by atoms with Gasteiger partial charge in [0.05, 0.1) is 12.2 Å². The van der Waals surface area contributed by atoms with E-state index in [1.54, 1.807) is 16.8 Å². The van der Waals surface area contributed by atoms with Gasteiger partial charge in [0.25, 0.3) is 0 Å². The molecule has 1 aromatic carbocycles. The Balaban J connectivity index is 1.91. The van der Waals surface area contributed by atoms with Crippen LogP contribution in [0.25, 0.3) is 0 Å². The number of nitrogens with one attached hydrogen (secondary N) is 2. The summed E-state index contributed by atoms with van der Waals surface area (Å²) < 4.78 is 1.74. The minimum Gasteiger partial charge on any atom is -0.357 e. The molecule has 2 rings (SSSR count). The van der Waals surface area contributed by atoms with E-state index in [0.717, 1.165) is 11.4 Å². The average molecular weight is 288 g/mol. The first-order valence-electron chi connectivity index (χ1n) is 6.19. The third-order valence-electron chi connectivity index (χ3n) is 2.73. The van der Waals surface area contributed by atoms with E-state index in [1.165, 1.54) is 6.92 Å². The van der Waals surface area contributed by atoms with E-state index in [9.17, 15) is 4.79 Å². The minimum atomic E-state index is 0.0287. The molecule has 0 saturated carbocycles. The molecule has 104 valence electrons. The summed E-state index contributed by atoms with van der Waals surface area (Å²) in [5.74, 6) is 0.0287. The predicted molar refractivity (Wildman–Crippen MR) is 82.7 cm³/mol. The largest absolute Gasteiger partial charge is 0.357 e. The molecule has 20 heavy (non-hydrogen) atoms. The highest BCUT2D eigenvalue weighted by Gasteiger charge is 2.03. The first kappa shape index (κ1) is 14.2. The van der Waals surface area contributed by atoms with E-state index >= 15 is 0 Å². The van der Waals surface area contributed by atoms with Crippen molar-refractivity contribution in [1.29, 1.82) is 0 Å². The number of aromatic nitrogens is 2. The molecule has 0 aliphatic heterocycles. The SMILES string of the molecule is CC(=O)c1cccc(NC(=S)NCc2ccn(C)n2)c1. The Bertz CT molecular complexity index is 636. The van der Waals surface area contributed by atoms with Crippen molar-refractivity contribution >= 4 is 28.8 Å². The lowest BCUT2D eigenvalue weighted by molar-refractivity contribution is 0.101. The van der Waals surface area contributed by atoms with Crippen molar-refractivity contribution in [1.82, 2.24) is 15.1 Å². The number of hydrogen-bond acceptors (Lipinski definition) is 3. The van der Waals surface area contributed by atoms with E-state index in [-0.39, 0.29) is 5.78 Å². The van der Waals surface area contributed by atoms with Gasteiger partial charge in [-0.2, -0.15) is 5.10 Å². The number of carbonyl (C=O) groups is 1. The lowest BCUT2D eigenvalue weighted by atomic mass is 10.1. The van der Waals surface area contributed by atoms with Crippen LogP contribution in [0.1, 0.15) is 23.0 Å². The van der Waals surface area contributed by atoms with Gasteiger partial charge in [-0.1, -0.05) is 12.1 Å². The van der Waals surface area contributed by atoms with Crippen LogP contribution in [-0.2, 0) is 13.6 Å². The van der Waals surface area contributed by atoms with E-state index in [1.807, 2.05) is 31.4 Å². The molecule has 1 aromatic heterocycles. The molecule has 0 bridgehead atoms. The normalized spacial score (nSPS) is 10.1. The third kappa shape index (κ3) is 3.89. The standard InChI is InChI=1S/C14H16N4OS/c1-10(19)11-4-3-5-12(8-11)16-14(20)15-9-13-6-7-18(2)17-13/h3-8H,9H2,1-2H3,(H2,15,16,20). The monoisotopic (exact) mass is 288 g/mol. The molecule has 1 heterocycles. The van der Waals surface area contributed by atoms with E-state index < -0.39 is 0 Å². The highest BCUT2D eigenvalue weighted by molar-refractivity contribution is 7.80. The zero-order valence-corrected chi connectivity index (χ0v) is 12.2. The molecule has 0 fully saturated rings. The van der Waals surface area contributed by atoms with Crippen LogP contribution < -0.4 is 10.6 Å². The Labute approximate surface area is 123 Å². The molecule has 6 heteroatoms. The second-order valence-corrected chi connectivity index (χ2v) is 4.83. The van der Waals surface area contributed by atoms with Crippen LogP contribution >= 0.6 is 12.2 Å². The third-order valence-corrected chi connectivity index (χ3v) is 2.97. The van der Waals surface area contributed by atoms with Crippen LogP contribution in [-0.4, -0.2) is 20.7 Å². The van der Waals surface area contributed by atoms with E-state index in [4.69, 9.17) is 12.2 Å². The topological polar surface area (TPSA) is 59.0 Å². The molecular weight excluding hydrogens is 272 g/mol. The first-order valence-corrected chi connectivity index (χ1v) is 6.60. The highest BCUT2D eigenvalue weighted by atomic mass is 32.1. The van der Waals surface area contributed by atoms with Gasteiger partial charge >= 0.3 is 0 Å². The van der Waals surface area contributed by atoms with Gasteiger partial charge in [-0.3, -0.25) is 9.48 Å². The van der Waals surface area contributed by atoms with Crippen LogP contribution in [0, 0.1) is 0 Å². The summed E-state index contributed by atoms with van der Waals surface area (Å²) in [6.45, 7) is 2.09. The van der Waals surface area contributed by atoms with Gasteiger partial charge in [0, 0.05) is 24.5 Å². The predicted octanol–water partition coefficient (Wildman–Crippen LogP) is 2.11. The Morgan fingerprint density at radius 2 is 2.20 bits per heavy atom. The van der Waals surface area contributed by atoms with Crippen molar-refractivity contribution < 1.29 is 4.79 Å². The highest BCUT2D eigenvalue weighted by Crippen LogP contribution is 2.11. The number of thiocarbonyl (C=S) groups is 1. The van der Waals surface area contributed by atoms with Crippen molar-refractivity contribution in [3.05, 3.63) is 47.8 Å². The Kier molecular flexibility index (Phi) is 4.47. The van der Waals surface area contributed by atoms with Crippen molar-refractivity contribution in [2.24, 2.45) is 7.05 Å². The summed E-state index contributed by atoms with van der Waals surface area (Å²) in [7, 11) is 1.87. The molecular formula is C14H16N4OS. The van der Waals surface area contributed by atoms with Gasteiger partial charge in [-0.05, 0) is 37.3 Å². The molecule has 0 unspecified atom stereocenters. The molecule has 0 aliphatic carbocycles. The summed E-state index contributed by atoms with van der Waals surface area (Å²) >= 11 is 5.21. The first-order chi connectivity index (χ1) is 9.54. The van der Waals surface area contributed by atoms with Gasteiger partial charge in [0.1, 0.15) is 0 Å². The lowest BCUT2D eigenvalue weighted by Crippen LogP contribution is -2.28. The molecule has 0 spiro atoms. The summed E-state index contributed by atoms with van der Waals surface area (Å²) in [4.78, 5) is 11.3. The number of Topliss-reactive ketones (excluding diaryl/α,β-unsaturated/α-hetero) is 1. The smallest absolute Gasteiger partial charge is 0.171 e. The van der Waals surface area contributed by atoms with Crippen LogP contribution in [0.15, 0.2) is 36.5 Å². The summed E-state index contributed by atoms with van der Waals surface area (Å²) in [5, 5.41) is 10.9. The maximum atomic E-state index is 11.3. The van der Waals surface area contributed by atoms with E-state index in [2.05, 4.69) is 15.7 Å². The second kappa shape index (κ2) is 6.29. The number of ketones is 1. The van der Waals surface area contributed by atoms with Crippen molar-refractivity contribution in [3.63, 3.8) is 0 Å². The average Bonchev–Trinajstić information content (AvgIpc) is 2.82. The fraction of sp³-hybridized carbons (Fsp3) is 0.214. The number of anilines is 1. The Morgan fingerprint density at radius 3 is 2.85 bits per heavy atom. The number of hydrogen-bond donors (Lipinski definition) is 2. The molecule has 2 aromatic rings. The molecule has 0 saturated heterocycles. The molecule has 0 radical (unpaired) electrons. The summed E-state index contributed by atoms with van der Waals surface area (Å²) in [5.41, 5.74) is 2.35. The quantitative estimate of drug-likeness (QED) is 0.666. The number of aryl methyl sites for hydroxylation is 1. The molecule has 0 aliphatic rings. The van der Waals surface area contributed by atoms with Crippen LogP contribution in [0.2, 0.25) is 0 Å². The van der Waals surface area contributed by atoms with Crippen LogP contribution in [0.3, 0.4) is 0 Å². The van der Waals surface area contributed by atoms with Gasteiger partial charge in [0.15, 0.2) is 10.9 Å². The van der Waals surface area contributed by atoms with Crippen LogP contribution in [0.4, 0.5) is 5.69 Å². The maximum Gasteiger partial charge on any atom is 0.171 e. The van der Waals surface area contributed by atoms with Gasteiger partial charge < -0.3 is 10.6 Å². The number of nitrogens with zero attached hydrogens (tertiary/aromatic N) is 2. The zero-order valence-electron chi connectivity index (χ0n) is 11.4. The summed E-state index contributed by atoms with van der Waals surface area (Å²) in [6, 6.07) is 9.16. The van der Waals surface area contributed by atoms with E-state index in [0.29, 0.717) is 17.2 Å². The van der Waals surface area contributed by atoms with Gasteiger partial charge in [0.2, 0.25) is 0 Å². The molecule has 0 amide bonds. The lowest BCUT2D eigenvalue weighted by Gasteiger charge is -2.10. The summed E-state index contributed by atoms with van der Waals surface area (Å²) in [6.07, 6.45) is 1.88. The minimum absolute atomic E-state index is 0.0287. The Hall–Kier alpha value is -2.21. The zero-order chi connectivity index (χ0) is 14.5. The number of benzene rings is 1. The number of rotatable bonds is 4. The van der Waals surface area contributed by atoms with Crippen molar-refractivity contribution in [2.75, 3.05) is 5.32 Å². The van der Waals surface area contributed by atoms with Crippen molar-refractivity contribution in [3.8, 4) is 0 Å². The molecule has 0 atom stereocenters. The maximum absolute atomic E-state index is 11.3. The second-order valence-electron chi connectivity index (χ2n) is 4.43. The van der Waals surface area contributed by atoms with Gasteiger partial charge in [-0.15, -0.1) is 0 Å². The van der Waals surface area contributed by atoms with Crippen molar-refractivity contribution in [2.45, 2.75) is 13.5 Å². The van der Waals surface area contributed by atoms with Gasteiger partial charge in [-0.25, -0.2) is 0 Å². The fourth-order valence-electron chi connectivity index (χ4n) is 1.72. The number of carbonyl (C=O) groups excluding carboxylic acids is 1. The van der Waals surface area contributed by atoms with Crippen LogP contribution in [0.5, 0.6) is 0 Å².